The van der Waals surface area contributed by atoms with Gasteiger partial charge in [-0.15, -0.1) is 11.3 Å². The van der Waals surface area contributed by atoms with Gasteiger partial charge in [0.1, 0.15) is 21.8 Å². The van der Waals surface area contributed by atoms with E-state index in [9.17, 15) is 19.2 Å². The molecule has 2 aromatic heterocycles. The number of benzene rings is 1. The van der Waals surface area contributed by atoms with Crippen molar-refractivity contribution >= 4 is 35.2 Å². The number of thiazole rings is 1. The molecule has 3 N–H and O–H groups in total. The highest BCUT2D eigenvalue weighted by atomic mass is 32.1. The largest absolute Gasteiger partial charge is 0.444 e. The maximum absolute atomic E-state index is 13.6. The van der Waals surface area contributed by atoms with Crippen LogP contribution in [0, 0.1) is 13.8 Å². The number of ether oxygens (including phenoxy) is 1. The molecule has 1 saturated heterocycles. The lowest BCUT2D eigenvalue weighted by atomic mass is 9.92. The molecule has 0 aliphatic carbocycles. The van der Waals surface area contributed by atoms with Crippen LogP contribution in [0.1, 0.15) is 89.4 Å². The van der Waals surface area contributed by atoms with Crippen molar-refractivity contribution < 1.29 is 23.9 Å². The van der Waals surface area contributed by atoms with Crippen LogP contribution in [0.2, 0.25) is 0 Å². The summed E-state index contributed by atoms with van der Waals surface area (Å²) in [4.78, 5) is 63.4. The van der Waals surface area contributed by atoms with E-state index < -0.39 is 29.0 Å². The minimum atomic E-state index is -1.48. The van der Waals surface area contributed by atoms with Gasteiger partial charge in [0, 0.05) is 35.3 Å². The first-order valence-corrected chi connectivity index (χ1v) is 15.0. The third-order valence-corrected chi connectivity index (χ3v) is 7.90. The third-order valence-electron chi connectivity index (χ3n) is 6.84. The fourth-order valence-corrected chi connectivity index (χ4v) is 5.84. The summed E-state index contributed by atoms with van der Waals surface area (Å²) in [5, 5.41) is 5.52. The topological polar surface area (TPSA) is 143 Å². The van der Waals surface area contributed by atoms with Crippen molar-refractivity contribution in [2.75, 3.05) is 6.54 Å². The van der Waals surface area contributed by atoms with Gasteiger partial charge in [-0.2, -0.15) is 0 Å². The smallest absolute Gasteiger partial charge is 0.408 e. The van der Waals surface area contributed by atoms with Crippen molar-refractivity contribution in [1.82, 2.24) is 31.0 Å². The Kier molecular flexibility index (Phi) is 9.49. The molecule has 1 fully saturated rings. The van der Waals surface area contributed by atoms with Gasteiger partial charge in [-0.05, 0) is 72.1 Å². The summed E-state index contributed by atoms with van der Waals surface area (Å²) in [6.07, 6.45) is 1.04. The lowest BCUT2D eigenvalue weighted by Gasteiger charge is -2.31. The number of nitrogens with one attached hydrogen (secondary N) is 3. The highest BCUT2D eigenvalue weighted by molar-refractivity contribution is 7.09. The van der Waals surface area contributed by atoms with Gasteiger partial charge in [0.25, 0.3) is 17.7 Å². The molecule has 0 radical (unpaired) electrons. The number of hydrazine groups is 1. The fraction of sp³-hybridized carbons (Fsp3) is 0.419. The number of aromatic nitrogens is 2. The molecular weight excluding hydrogens is 568 g/mol. The highest BCUT2D eigenvalue weighted by Gasteiger charge is 2.37. The Labute approximate surface area is 255 Å². The molecule has 1 aliphatic heterocycles. The van der Waals surface area contributed by atoms with E-state index in [2.05, 4.69) is 26.1 Å². The summed E-state index contributed by atoms with van der Waals surface area (Å²) in [7, 11) is 0. The summed E-state index contributed by atoms with van der Waals surface area (Å²) in [6, 6.07) is 12.1. The second-order valence-corrected chi connectivity index (χ2v) is 12.8. The lowest BCUT2D eigenvalue weighted by Crippen LogP contribution is -2.61. The maximum atomic E-state index is 13.6. The SMILES string of the molecule is Cc1cc(C(=O)N2CCCC2c2nc(C)cs2)cc(C(=O)NNC(=O)C(C)(Cc2ccccc2)NC(=O)OC(C)(C)C)n1. The standard InChI is InChI=1S/C31H38N6O5S/c1-19-15-22(27(39)37-14-10-13-24(37)26-33-20(2)18-43-26)16-23(32-19)25(38)35-36-28(40)31(6,17-21-11-8-7-9-12-21)34-29(41)42-30(3,4)5/h7-9,11-12,15-16,18,24H,10,13-14,17H2,1-6H3,(H,34,41)(H,35,38)(H,36,40). The molecule has 4 amide bonds. The van der Waals surface area contributed by atoms with Gasteiger partial charge in [-0.1, -0.05) is 30.3 Å². The molecule has 3 heterocycles. The summed E-state index contributed by atoms with van der Waals surface area (Å²) < 4.78 is 5.38. The van der Waals surface area contributed by atoms with E-state index >= 15 is 0 Å². The van der Waals surface area contributed by atoms with E-state index in [1.807, 2.05) is 42.6 Å². The number of hydrogen-bond acceptors (Lipinski definition) is 8. The number of carbonyl (C=O) groups excluding carboxylic acids is 4. The zero-order chi connectivity index (χ0) is 31.4. The normalized spacial score (nSPS) is 16.2. The van der Waals surface area contributed by atoms with Crippen LogP contribution in [0.25, 0.3) is 0 Å². The fourth-order valence-electron chi connectivity index (χ4n) is 4.90. The van der Waals surface area contributed by atoms with E-state index in [1.54, 1.807) is 45.6 Å². The summed E-state index contributed by atoms with van der Waals surface area (Å²) in [5.74, 6) is -1.59. The second kappa shape index (κ2) is 12.9. The van der Waals surface area contributed by atoms with Crippen molar-refractivity contribution in [2.24, 2.45) is 0 Å². The van der Waals surface area contributed by atoms with Crippen LogP contribution in [0.4, 0.5) is 4.79 Å². The molecule has 2 unspecified atom stereocenters. The number of hydrogen-bond donors (Lipinski definition) is 3. The van der Waals surface area contributed by atoms with Gasteiger partial charge in [0.15, 0.2) is 0 Å². The molecule has 4 rings (SSSR count). The molecule has 0 bridgehead atoms. The van der Waals surface area contributed by atoms with Gasteiger partial charge >= 0.3 is 6.09 Å². The average molecular weight is 607 g/mol. The zero-order valence-corrected chi connectivity index (χ0v) is 26.1. The van der Waals surface area contributed by atoms with Gasteiger partial charge in [0.2, 0.25) is 0 Å². The van der Waals surface area contributed by atoms with Crippen molar-refractivity contribution in [1.29, 1.82) is 0 Å². The second-order valence-electron chi connectivity index (χ2n) is 11.9. The van der Waals surface area contributed by atoms with Crippen molar-refractivity contribution in [3.05, 3.63) is 81.1 Å². The maximum Gasteiger partial charge on any atom is 0.408 e. The van der Waals surface area contributed by atoms with Crippen molar-refractivity contribution in [3.8, 4) is 0 Å². The quantitative estimate of drug-likeness (QED) is 0.338. The van der Waals surface area contributed by atoms with Crippen LogP contribution in [-0.4, -0.2) is 56.4 Å². The number of amides is 4. The Morgan fingerprint density at radius 2 is 1.72 bits per heavy atom. The number of rotatable bonds is 7. The van der Waals surface area contributed by atoms with Crippen LogP contribution < -0.4 is 16.2 Å². The first kappa shape index (κ1) is 31.6. The lowest BCUT2D eigenvalue weighted by molar-refractivity contribution is -0.127. The number of aryl methyl sites for hydroxylation is 2. The highest BCUT2D eigenvalue weighted by Crippen LogP contribution is 2.34. The van der Waals surface area contributed by atoms with Gasteiger partial charge in [-0.25, -0.2) is 14.8 Å². The summed E-state index contributed by atoms with van der Waals surface area (Å²) in [5.41, 5.74) is 5.02. The number of carbonyl (C=O) groups is 4. The Morgan fingerprint density at radius 1 is 1.00 bits per heavy atom. The van der Waals surface area contributed by atoms with E-state index in [-0.39, 0.29) is 24.1 Å². The molecule has 43 heavy (non-hydrogen) atoms. The molecular formula is C31H38N6O5S. The molecule has 0 saturated carbocycles. The zero-order valence-electron chi connectivity index (χ0n) is 25.3. The predicted molar refractivity (Wildman–Crippen MR) is 162 cm³/mol. The van der Waals surface area contributed by atoms with Crippen LogP contribution in [-0.2, 0) is 16.0 Å². The van der Waals surface area contributed by atoms with E-state index in [4.69, 9.17) is 4.74 Å². The first-order valence-electron chi connectivity index (χ1n) is 14.1. The molecule has 11 nitrogen and oxygen atoms in total. The molecule has 0 spiro atoms. The van der Waals surface area contributed by atoms with Crippen LogP contribution >= 0.6 is 11.3 Å². The predicted octanol–water partition coefficient (Wildman–Crippen LogP) is 4.42. The molecule has 228 valence electrons. The minimum absolute atomic E-state index is 0.0330. The summed E-state index contributed by atoms with van der Waals surface area (Å²) >= 11 is 1.54. The number of likely N-dealkylation sites (tertiary alicyclic amines) is 1. The Bertz CT molecular complexity index is 1500. The third kappa shape index (κ3) is 8.16. The van der Waals surface area contributed by atoms with Crippen LogP contribution in [0.3, 0.4) is 0 Å². The van der Waals surface area contributed by atoms with Gasteiger partial charge in [-0.3, -0.25) is 25.2 Å². The Morgan fingerprint density at radius 3 is 2.37 bits per heavy atom. The van der Waals surface area contributed by atoms with Gasteiger partial charge in [0.05, 0.1) is 6.04 Å². The molecule has 3 aromatic rings. The molecule has 2 atom stereocenters. The number of pyridine rings is 1. The minimum Gasteiger partial charge on any atom is -0.444 e. The van der Waals surface area contributed by atoms with E-state index in [1.165, 1.54) is 17.4 Å². The van der Waals surface area contributed by atoms with Crippen molar-refractivity contribution in [3.63, 3.8) is 0 Å². The molecule has 1 aromatic carbocycles. The first-order chi connectivity index (χ1) is 20.2. The average Bonchev–Trinajstić information content (AvgIpc) is 3.59. The van der Waals surface area contributed by atoms with E-state index in [0.717, 1.165) is 29.1 Å². The molecule has 12 heteroatoms. The number of alkyl carbamates (subject to hydrolysis) is 1. The van der Waals surface area contributed by atoms with Crippen molar-refractivity contribution in [2.45, 2.75) is 78.0 Å². The summed E-state index contributed by atoms with van der Waals surface area (Å²) in [6.45, 7) is 10.9. The molecule has 1 aliphatic rings. The Hall–Kier alpha value is -4.32. The Balaban J connectivity index is 1.48. The van der Waals surface area contributed by atoms with Gasteiger partial charge < -0.3 is 15.0 Å². The monoisotopic (exact) mass is 606 g/mol. The van der Waals surface area contributed by atoms with E-state index in [0.29, 0.717) is 17.8 Å². The van der Waals surface area contributed by atoms with Crippen LogP contribution in [0.15, 0.2) is 47.8 Å². The van der Waals surface area contributed by atoms with Crippen LogP contribution in [0.5, 0.6) is 0 Å². The number of nitrogens with zero attached hydrogens (tertiary/aromatic N) is 3.